The van der Waals surface area contributed by atoms with Gasteiger partial charge in [-0.2, -0.15) is 0 Å². The molecule has 1 saturated heterocycles. The summed E-state index contributed by atoms with van der Waals surface area (Å²) in [5.41, 5.74) is 12.3. The molecule has 4 nitrogen and oxygen atoms in total. The highest BCUT2D eigenvalue weighted by Crippen LogP contribution is 2.34. The van der Waals surface area contributed by atoms with Crippen LogP contribution in [0.5, 0.6) is 0 Å². The molecule has 1 aliphatic heterocycles. The van der Waals surface area contributed by atoms with Gasteiger partial charge in [-0.1, -0.05) is 54.6 Å². The van der Waals surface area contributed by atoms with Crippen LogP contribution in [-0.2, 0) is 17.6 Å². The van der Waals surface area contributed by atoms with Crippen LogP contribution in [0, 0.1) is 0 Å². The van der Waals surface area contributed by atoms with Crippen LogP contribution in [0.3, 0.4) is 0 Å². The molecule has 0 atom stereocenters. The van der Waals surface area contributed by atoms with Gasteiger partial charge < -0.3 is 10.6 Å². The summed E-state index contributed by atoms with van der Waals surface area (Å²) < 4.78 is 0. The first kappa shape index (κ1) is 26.4. The van der Waals surface area contributed by atoms with E-state index in [0.29, 0.717) is 0 Å². The van der Waals surface area contributed by atoms with Gasteiger partial charge in [0.2, 0.25) is 5.91 Å². The first-order valence-electron chi connectivity index (χ1n) is 11.1. The molecule has 0 saturated carbocycles. The second kappa shape index (κ2) is 11.3. The fourth-order valence-electron chi connectivity index (χ4n) is 5.09. The maximum absolute atomic E-state index is 12.1. The van der Waals surface area contributed by atoms with Crippen molar-refractivity contribution in [3.63, 3.8) is 0 Å². The molecule has 4 rings (SSSR count). The minimum atomic E-state index is -0.492. The third-order valence-corrected chi connectivity index (χ3v) is 7.07. The summed E-state index contributed by atoms with van der Waals surface area (Å²) in [5.74, 6) is -0.194. The maximum Gasteiger partial charge on any atom is 0.238 e. The predicted molar refractivity (Wildman–Crippen MR) is 138 cm³/mol. The second-order valence-electron chi connectivity index (χ2n) is 8.85. The largest absolute Gasteiger partial charge is 0.368 e. The van der Waals surface area contributed by atoms with Crippen LogP contribution >= 0.6 is 24.8 Å². The smallest absolute Gasteiger partial charge is 0.238 e. The van der Waals surface area contributed by atoms with Crippen molar-refractivity contribution in [3.05, 3.63) is 76.9 Å². The highest BCUT2D eigenvalue weighted by Gasteiger charge is 2.41. The number of benzene rings is 2. The van der Waals surface area contributed by atoms with Gasteiger partial charge in [-0.25, -0.2) is 0 Å². The van der Waals surface area contributed by atoms with E-state index in [1.54, 1.807) is 0 Å². The van der Waals surface area contributed by atoms with Crippen LogP contribution < -0.4 is 5.73 Å². The molecule has 2 aromatic carbocycles. The molecular weight excluding hydrogens is 441 g/mol. The Bertz CT molecular complexity index is 900. The maximum atomic E-state index is 12.1. The van der Waals surface area contributed by atoms with Crippen molar-refractivity contribution < 1.29 is 4.79 Å². The van der Waals surface area contributed by atoms with Crippen LogP contribution in [0.4, 0.5) is 0 Å². The van der Waals surface area contributed by atoms with Crippen LogP contribution in [0.1, 0.15) is 41.5 Å². The third kappa shape index (κ3) is 5.20. The zero-order valence-corrected chi connectivity index (χ0v) is 20.7. The lowest BCUT2D eigenvalue weighted by Crippen LogP contribution is -2.60. The van der Waals surface area contributed by atoms with Crippen molar-refractivity contribution in [2.75, 3.05) is 33.7 Å². The number of hydrogen-bond donors (Lipinski definition) is 1. The van der Waals surface area contributed by atoms with E-state index in [2.05, 4.69) is 59.5 Å². The topological polar surface area (TPSA) is 49.6 Å². The van der Waals surface area contributed by atoms with Crippen molar-refractivity contribution in [1.29, 1.82) is 0 Å². The molecule has 0 bridgehead atoms. The molecule has 0 spiro atoms. The number of primary amides is 1. The number of piperidine rings is 1. The first-order chi connectivity index (χ1) is 14.5. The predicted octanol–water partition coefficient (Wildman–Crippen LogP) is 4.33. The second-order valence-corrected chi connectivity index (χ2v) is 8.85. The Labute approximate surface area is 204 Å². The molecule has 0 unspecified atom stereocenters. The lowest BCUT2D eigenvalue weighted by atomic mass is 9.85. The monoisotopic (exact) mass is 475 g/mol. The zero-order valence-electron chi connectivity index (χ0n) is 19.0. The van der Waals surface area contributed by atoms with Crippen LogP contribution in [0.2, 0.25) is 0 Å². The van der Waals surface area contributed by atoms with Gasteiger partial charge in [0.05, 0.1) is 0 Å². The summed E-state index contributed by atoms with van der Waals surface area (Å²) in [6, 6.07) is 17.7. The summed E-state index contributed by atoms with van der Waals surface area (Å²) in [7, 11) is 3.93. The van der Waals surface area contributed by atoms with E-state index < -0.39 is 5.54 Å². The molecule has 1 fully saturated rings. The fourth-order valence-corrected chi connectivity index (χ4v) is 5.09. The van der Waals surface area contributed by atoms with Crippen molar-refractivity contribution in [2.45, 2.75) is 37.6 Å². The van der Waals surface area contributed by atoms with Crippen LogP contribution in [0.25, 0.3) is 5.57 Å². The number of nitrogens with two attached hydrogens (primary N) is 1. The average Bonchev–Trinajstić information content (AvgIpc) is 2.91. The number of halogens is 2. The van der Waals surface area contributed by atoms with Gasteiger partial charge in [-0.15, -0.1) is 24.8 Å². The summed E-state index contributed by atoms with van der Waals surface area (Å²) >= 11 is 0. The van der Waals surface area contributed by atoms with Crippen LogP contribution in [0.15, 0.2) is 54.6 Å². The minimum absolute atomic E-state index is 0. The Kier molecular flexibility index (Phi) is 9.35. The summed E-state index contributed by atoms with van der Waals surface area (Å²) in [4.78, 5) is 16.5. The van der Waals surface area contributed by atoms with E-state index in [4.69, 9.17) is 5.73 Å². The number of fused-ring (bicyclic) bond motifs is 2. The van der Waals surface area contributed by atoms with E-state index in [1.807, 2.05) is 19.0 Å². The number of carbonyl (C=O) groups excluding carboxylic acids is 1. The Morgan fingerprint density at radius 3 is 1.94 bits per heavy atom. The van der Waals surface area contributed by atoms with Gasteiger partial charge in [-0.3, -0.25) is 9.69 Å². The summed E-state index contributed by atoms with van der Waals surface area (Å²) in [6.45, 7) is 2.84. The molecule has 0 radical (unpaired) electrons. The normalized spacial score (nSPS) is 17.3. The number of likely N-dealkylation sites (tertiary alicyclic amines) is 1. The molecule has 1 amide bonds. The molecule has 2 N–H and O–H groups in total. The zero-order chi connectivity index (χ0) is 21.1. The number of hydrogen-bond acceptors (Lipinski definition) is 3. The van der Waals surface area contributed by atoms with Gasteiger partial charge in [0.25, 0.3) is 0 Å². The van der Waals surface area contributed by atoms with E-state index in [-0.39, 0.29) is 30.7 Å². The van der Waals surface area contributed by atoms with Crippen LogP contribution in [-0.4, -0.2) is 55.0 Å². The Balaban J connectivity index is 0.00000181. The molecule has 1 aliphatic carbocycles. The van der Waals surface area contributed by atoms with Crippen molar-refractivity contribution in [3.8, 4) is 0 Å². The average molecular weight is 476 g/mol. The highest BCUT2D eigenvalue weighted by atomic mass is 35.5. The van der Waals surface area contributed by atoms with E-state index >= 15 is 0 Å². The number of amides is 1. The number of nitrogens with zero attached hydrogens (tertiary/aromatic N) is 2. The molecule has 2 aliphatic rings. The molecular formula is C26H35Cl2N3O. The number of aryl methyl sites for hydroxylation is 2. The number of rotatable bonds is 5. The lowest BCUT2D eigenvalue weighted by Gasteiger charge is -2.43. The van der Waals surface area contributed by atoms with E-state index in [9.17, 15) is 4.79 Å². The molecule has 2 aromatic rings. The van der Waals surface area contributed by atoms with Crippen molar-refractivity contribution in [1.82, 2.24) is 9.80 Å². The molecule has 32 heavy (non-hydrogen) atoms. The van der Waals surface area contributed by atoms with Crippen molar-refractivity contribution in [2.24, 2.45) is 5.73 Å². The Morgan fingerprint density at radius 1 is 0.969 bits per heavy atom. The summed E-state index contributed by atoms with van der Waals surface area (Å²) in [6.07, 6.45) is 7.22. The lowest BCUT2D eigenvalue weighted by molar-refractivity contribution is -0.131. The van der Waals surface area contributed by atoms with Gasteiger partial charge in [-0.05, 0) is 74.0 Å². The number of likely N-dealkylation sites (N-methyl/N-ethyl adjacent to an activating group) is 1. The van der Waals surface area contributed by atoms with Gasteiger partial charge in [0.15, 0.2) is 0 Å². The first-order valence-corrected chi connectivity index (χ1v) is 11.1. The molecule has 174 valence electrons. The Hall–Kier alpha value is -1.85. The molecule has 0 aromatic heterocycles. The van der Waals surface area contributed by atoms with Gasteiger partial charge in [0.1, 0.15) is 5.54 Å². The van der Waals surface area contributed by atoms with E-state index in [0.717, 1.165) is 51.7 Å². The van der Waals surface area contributed by atoms with Gasteiger partial charge in [0, 0.05) is 19.6 Å². The standard InChI is InChI=1S/C26H33N3O.2ClH/c1-28(2)26(25(27)30)15-18-29(19-16-26)17-7-12-24-22-10-5-3-8-20(22)13-14-21-9-4-6-11-23(21)24;;/h3-6,8-12H,7,13-19H2,1-2H3,(H2,27,30);2*1H. The third-order valence-electron chi connectivity index (χ3n) is 7.07. The summed E-state index contributed by atoms with van der Waals surface area (Å²) in [5, 5.41) is 0. The molecule has 1 heterocycles. The Morgan fingerprint density at radius 2 is 1.47 bits per heavy atom. The van der Waals surface area contributed by atoms with Gasteiger partial charge >= 0.3 is 0 Å². The highest BCUT2D eigenvalue weighted by molar-refractivity contribution is 5.86. The van der Waals surface area contributed by atoms with E-state index in [1.165, 1.54) is 27.8 Å². The minimum Gasteiger partial charge on any atom is -0.368 e. The SMILES string of the molecule is CN(C)C1(C(N)=O)CCN(CCC=C2c3ccccc3CCc3ccccc32)CC1.Cl.Cl. The number of carbonyl (C=O) groups is 1. The quantitative estimate of drug-likeness (QED) is 0.699. The fraction of sp³-hybridized carbons (Fsp3) is 0.423. The van der Waals surface area contributed by atoms with Crippen molar-refractivity contribution >= 4 is 36.3 Å². The molecule has 6 heteroatoms.